The molecule has 0 amide bonds. The predicted molar refractivity (Wildman–Crippen MR) is 103 cm³/mol. The van der Waals surface area contributed by atoms with Crippen molar-refractivity contribution in [1.29, 1.82) is 0 Å². The van der Waals surface area contributed by atoms with Crippen molar-refractivity contribution < 1.29 is 9.52 Å². The summed E-state index contributed by atoms with van der Waals surface area (Å²) in [6.07, 6.45) is 13.6. The Balaban J connectivity index is 1.70. The topological polar surface area (TPSA) is 69.8 Å². The fraction of sp³-hybridized carbons (Fsp3) is 0.750. The van der Waals surface area contributed by atoms with Gasteiger partial charge in [0, 0.05) is 32.7 Å². The lowest BCUT2D eigenvalue weighted by Crippen LogP contribution is -2.39. The molecular weight excluding hydrogens is 314 g/mol. The SMILES string of the molecule is OCCCCCCNC(=NCC1CCCCC1)NCCc1ccco1. The summed E-state index contributed by atoms with van der Waals surface area (Å²) in [5, 5.41) is 15.7. The zero-order valence-electron chi connectivity index (χ0n) is 15.5. The van der Waals surface area contributed by atoms with E-state index in [4.69, 9.17) is 14.5 Å². The molecule has 0 saturated heterocycles. The van der Waals surface area contributed by atoms with E-state index < -0.39 is 0 Å². The molecule has 1 fully saturated rings. The molecule has 0 aliphatic heterocycles. The van der Waals surface area contributed by atoms with E-state index in [1.54, 1.807) is 6.26 Å². The van der Waals surface area contributed by atoms with Crippen molar-refractivity contribution >= 4 is 5.96 Å². The maximum Gasteiger partial charge on any atom is 0.191 e. The quantitative estimate of drug-likeness (QED) is 0.325. The van der Waals surface area contributed by atoms with Crippen LogP contribution in [0, 0.1) is 5.92 Å². The summed E-state index contributed by atoms with van der Waals surface area (Å²) in [4.78, 5) is 4.82. The van der Waals surface area contributed by atoms with Crippen LogP contribution in [0.3, 0.4) is 0 Å². The molecular formula is C20H35N3O2. The monoisotopic (exact) mass is 349 g/mol. The molecule has 142 valence electrons. The second-order valence-corrected chi connectivity index (χ2v) is 7.01. The molecule has 1 aliphatic rings. The highest BCUT2D eigenvalue weighted by Crippen LogP contribution is 2.23. The molecule has 0 atom stereocenters. The molecule has 5 nitrogen and oxygen atoms in total. The summed E-state index contributed by atoms with van der Waals surface area (Å²) in [5.74, 6) is 2.68. The average Bonchev–Trinajstić information content (AvgIpc) is 3.16. The summed E-state index contributed by atoms with van der Waals surface area (Å²) in [7, 11) is 0. The highest BCUT2D eigenvalue weighted by molar-refractivity contribution is 5.79. The zero-order valence-corrected chi connectivity index (χ0v) is 15.5. The van der Waals surface area contributed by atoms with Crippen LogP contribution in [0.25, 0.3) is 0 Å². The third-order valence-electron chi connectivity index (χ3n) is 4.85. The smallest absolute Gasteiger partial charge is 0.191 e. The van der Waals surface area contributed by atoms with Crippen molar-refractivity contribution in [2.45, 2.75) is 64.2 Å². The summed E-state index contributed by atoms with van der Waals surface area (Å²) < 4.78 is 5.39. The number of guanidine groups is 1. The number of unbranched alkanes of at least 4 members (excludes halogenated alkanes) is 3. The molecule has 1 aromatic heterocycles. The predicted octanol–water partition coefficient (Wildman–Crippen LogP) is 3.49. The molecule has 0 radical (unpaired) electrons. The minimum atomic E-state index is 0.301. The fourth-order valence-corrected chi connectivity index (χ4v) is 3.32. The molecule has 0 bridgehead atoms. The number of aliphatic imine (C=N–C) groups is 1. The average molecular weight is 350 g/mol. The molecule has 0 aromatic carbocycles. The standard InChI is InChI=1S/C20H35N3O2/c24-15-7-2-1-6-13-21-20(22-14-12-19-11-8-16-25-19)23-17-18-9-4-3-5-10-18/h8,11,16,18,24H,1-7,9-10,12-15,17H2,(H2,21,22,23). The summed E-state index contributed by atoms with van der Waals surface area (Å²) in [6.45, 7) is 2.99. The van der Waals surface area contributed by atoms with Crippen LogP contribution in [-0.2, 0) is 6.42 Å². The number of furan rings is 1. The van der Waals surface area contributed by atoms with Gasteiger partial charge in [0.25, 0.3) is 0 Å². The number of nitrogens with one attached hydrogen (secondary N) is 2. The van der Waals surface area contributed by atoms with Gasteiger partial charge in [0.1, 0.15) is 5.76 Å². The van der Waals surface area contributed by atoms with Crippen LogP contribution in [0.5, 0.6) is 0 Å². The van der Waals surface area contributed by atoms with Crippen molar-refractivity contribution in [3.05, 3.63) is 24.2 Å². The first-order valence-corrected chi connectivity index (χ1v) is 10.0. The van der Waals surface area contributed by atoms with E-state index in [1.807, 2.05) is 12.1 Å². The fourth-order valence-electron chi connectivity index (χ4n) is 3.32. The van der Waals surface area contributed by atoms with Gasteiger partial charge in [0.15, 0.2) is 5.96 Å². The Morgan fingerprint density at radius 3 is 2.64 bits per heavy atom. The lowest BCUT2D eigenvalue weighted by Gasteiger charge is -2.20. The van der Waals surface area contributed by atoms with Crippen LogP contribution in [0.15, 0.2) is 27.8 Å². The number of hydrogen-bond acceptors (Lipinski definition) is 3. The number of aliphatic hydroxyl groups excluding tert-OH is 1. The van der Waals surface area contributed by atoms with E-state index in [9.17, 15) is 0 Å². The van der Waals surface area contributed by atoms with Gasteiger partial charge in [-0.25, -0.2) is 0 Å². The van der Waals surface area contributed by atoms with E-state index in [0.717, 1.165) is 69.4 Å². The van der Waals surface area contributed by atoms with Crippen LogP contribution < -0.4 is 10.6 Å². The van der Waals surface area contributed by atoms with Gasteiger partial charge in [0.05, 0.1) is 6.26 Å². The van der Waals surface area contributed by atoms with E-state index in [1.165, 1.54) is 32.1 Å². The minimum Gasteiger partial charge on any atom is -0.469 e. The van der Waals surface area contributed by atoms with Crippen molar-refractivity contribution in [1.82, 2.24) is 10.6 Å². The zero-order chi connectivity index (χ0) is 17.6. The third kappa shape index (κ3) is 8.96. The van der Waals surface area contributed by atoms with Gasteiger partial charge in [-0.1, -0.05) is 32.1 Å². The van der Waals surface area contributed by atoms with Crippen molar-refractivity contribution in [3.63, 3.8) is 0 Å². The summed E-state index contributed by atoms with van der Waals surface area (Å²) in [6, 6.07) is 3.94. The first kappa shape index (κ1) is 19.8. The van der Waals surface area contributed by atoms with Gasteiger partial charge in [0.2, 0.25) is 0 Å². The molecule has 3 N–H and O–H groups in total. The molecule has 2 rings (SSSR count). The highest BCUT2D eigenvalue weighted by Gasteiger charge is 2.13. The van der Waals surface area contributed by atoms with Gasteiger partial charge in [-0.15, -0.1) is 0 Å². The Morgan fingerprint density at radius 2 is 1.88 bits per heavy atom. The van der Waals surface area contributed by atoms with Crippen molar-refractivity contribution in [2.24, 2.45) is 10.9 Å². The van der Waals surface area contributed by atoms with Crippen LogP contribution in [0.1, 0.15) is 63.5 Å². The van der Waals surface area contributed by atoms with E-state index >= 15 is 0 Å². The molecule has 0 spiro atoms. The normalized spacial score (nSPS) is 16.1. The molecule has 1 saturated carbocycles. The number of nitrogens with zero attached hydrogens (tertiary/aromatic N) is 1. The van der Waals surface area contributed by atoms with E-state index in [2.05, 4.69) is 10.6 Å². The lowest BCUT2D eigenvalue weighted by molar-refractivity contribution is 0.282. The Kier molecular flexibility index (Phi) is 10.2. The Bertz CT molecular complexity index is 454. The number of aliphatic hydroxyl groups is 1. The molecule has 0 unspecified atom stereocenters. The van der Waals surface area contributed by atoms with Gasteiger partial charge >= 0.3 is 0 Å². The van der Waals surface area contributed by atoms with Crippen LogP contribution in [0.4, 0.5) is 0 Å². The maximum absolute atomic E-state index is 8.83. The maximum atomic E-state index is 8.83. The summed E-state index contributed by atoms with van der Waals surface area (Å²) >= 11 is 0. The largest absolute Gasteiger partial charge is 0.469 e. The Hall–Kier alpha value is -1.49. The molecule has 25 heavy (non-hydrogen) atoms. The second-order valence-electron chi connectivity index (χ2n) is 7.01. The Labute approximate surface area is 152 Å². The number of rotatable bonds is 11. The first-order valence-electron chi connectivity index (χ1n) is 10.0. The van der Waals surface area contributed by atoms with Gasteiger partial charge < -0.3 is 20.2 Å². The minimum absolute atomic E-state index is 0.301. The van der Waals surface area contributed by atoms with E-state index in [0.29, 0.717) is 6.61 Å². The van der Waals surface area contributed by atoms with Gasteiger partial charge in [-0.05, 0) is 43.7 Å². The van der Waals surface area contributed by atoms with E-state index in [-0.39, 0.29) is 0 Å². The van der Waals surface area contributed by atoms with Crippen LogP contribution >= 0.6 is 0 Å². The van der Waals surface area contributed by atoms with Gasteiger partial charge in [-0.2, -0.15) is 0 Å². The van der Waals surface area contributed by atoms with Crippen molar-refractivity contribution in [3.8, 4) is 0 Å². The van der Waals surface area contributed by atoms with Gasteiger partial charge in [-0.3, -0.25) is 4.99 Å². The molecule has 1 aromatic rings. The molecule has 1 aliphatic carbocycles. The summed E-state index contributed by atoms with van der Waals surface area (Å²) in [5.41, 5.74) is 0. The molecule has 5 heteroatoms. The highest BCUT2D eigenvalue weighted by atomic mass is 16.3. The first-order chi connectivity index (χ1) is 12.4. The van der Waals surface area contributed by atoms with Crippen LogP contribution in [0.2, 0.25) is 0 Å². The van der Waals surface area contributed by atoms with Crippen LogP contribution in [-0.4, -0.2) is 37.3 Å². The Morgan fingerprint density at radius 1 is 1.08 bits per heavy atom. The lowest BCUT2D eigenvalue weighted by atomic mass is 9.89. The number of hydrogen-bond donors (Lipinski definition) is 3. The molecule has 1 heterocycles. The third-order valence-corrected chi connectivity index (χ3v) is 4.85. The van der Waals surface area contributed by atoms with Crippen molar-refractivity contribution in [2.75, 3.05) is 26.2 Å². The second kappa shape index (κ2) is 12.8.